The molecule has 0 saturated heterocycles. The van der Waals surface area contributed by atoms with Crippen molar-refractivity contribution in [2.45, 2.75) is 25.7 Å². The van der Waals surface area contributed by atoms with Crippen molar-refractivity contribution in [2.75, 3.05) is 0 Å². The second-order valence-electron chi connectivity index (χ2n) is 2.51. The van der Waals surface area contributed by atoms with E-state index in [1.54, 1.807) is 9.75 Å². The zero-order valence-corrected chi connectivity index (χ0v) is 8.00. The van der Waals surface area contributed by atoms with Crippen LogP contribution in [-0.2, 0) is 12.8 Å². The Morgan fingerprint density at radius 1 is 1.00 bits per heavy atom. The second-order valence-corrected chi connectivity index (χ2v) is 5.90. The molecule has 54 valence electrons. The molecule has 0 atom stereocenters. The number of hydrogen-bond acceptors (Lipinski definition) is 3. The molecule has 0 saturated carbocycles. The lowest BCUT2D eigenvalue weighted by atomic mass is 10.1. The summed E-state index contributed by atoms with van der Waals surface area (Å²) in [7, 11) is 0. The van der Waals surface area contributed by atoms with Crippen molar-refractivity contribution in [3.63, 3.8) is 0 Å². The van der Waals surface area contributed by atoms with Crippen molar-refractivity contribution in [3.05, 3.63) is 12.9 Å². The van der Waals surface area contributed by atoms with Crippen LogP contribution < -0.4 is 0 Å². The monoisotopic (exact) mass is 188 g/mol. The minimum absolute atomic E-state index is 1.12. The molecule has 3 heteroatoms. The first-order chi connectivity index (χ1) is 4.86. The van der Waals surface area contributed by atoms with Gasteiger partial charge < -0.3 is 0 Å². The molecule has 0 nitrogen and oxygen atoms in total. The molecule has 2 rings (SSSR count). The van der Waals surface area contributed by atoms with Gasteiger partial charge in [0.05, 0.1) is 0 Å². The predicted octanol–water partition coefficient (Wildman–Crippen LogP) is 3.42. The van der Waals surface area contributed by atoms with E-state index >= 15 is 0 Å². The Kier molecular flexibility index (Phi) is 1.89. The molecule has 0 spiro atoms. The molecule has 0 unspecified atom stereocenters. The molecule has 1 aliphatic carbocycles. The minimum Gasteiger partial charge on any atom is -0.118 e. The van der Waals surface area contributed by atoms with Crippen molar-refractivity contribution < 1.29 is 0 Å². The van der Waals surface area contributed by atoms with Crippen LogP contribution in [0, 0.1) is 3.14 Å². The highest BCUT2D eigenvalue weighted by Crippen LogP contribution is 2.31. The first-order valence-electron chi connectivity index (χ1n) is 3.48. The quantitative estimate of drug-likeness (QED) is 0.562. The molecule has 0 radical (unpaired) electrons. The fourth-order valence-corrected chi connectivity index (χ4v) is 4.24. The van der Waals surface area contributed by atoms with Gasteiger partial charge in [0.2, 0.25) is 0 Å². The van der Waals surface area contributed by atoms with E-state index in [-0.39, 0.29) is 0 Å². The highest BCUT2D eigenvalue weighted by Gasteiger charge is 2.11. The van der Waals surface area contributed by atoms with Gasteiger partial charge in [-0.05, 0) is 25.7 Å². The van der Waals surface area contributed by atoms with E-state index < -0.39 is 0 Å². The van der Waals surface area contributed by atoms with Crippen LogP contribution in [-0.4, -0.2) is 0 Å². The number of aryl methyl sites for hydroxylation is 2. The number of fused-ring (bicyclic) bond motifs is 1. The van der Waals surface area contributed by atoms with Crippen LogP contribution in [0.5, 0.6) is 0 Å². The third kappa shape index (κ3) is 1.18. The third-order valence-corrected chi connectivity index (χ3v) is 4.64. The molecule has 0 aliphatic heterocycles. The molecule has 0 bridgehead atoms. The summed E-state index contributed by atoms with van der Waals surface area (Å²) in [5.41, 5.74) is 0. The van der Waals surface area contributed by atoms with Crippen LogP contribution in [0.15, 0.2) is 0 Å². The first kappa shape index (κ1) is 6.95. The molecule has 0 fully saturated rings. The maximum Gasteiger partial charge on any atom is 0.144 e. The Morgan fingerprint density at radius 2 is 1.50 bits per heavy atom. The van der Waals surface area contributed by atoms with Gasteiger partial charge in [-0.1, -0.05) is 12.2 Å². The van der Waals surface area contributed by atoms with Crippen molar-refractivity contribution in [1.82, 2.24) is 0 Å². The average molecular weight is 188 g/mol. The van der Waals surface area contributed by atoms with Gasteiger partial charge in [-0.25, -0.2) is 0 Å². The van der Waals surface area contributed by atoms with Gasteiger partial charge in [0, 0.05) is 9.75 Å². The predicted molar refractivity (Wildman–Crippen MR) is 49.7 cm³/mol. The summed E-state index contributed by atoms with van der Waals surface area (Å²) < 4.78 is 1.12. The minimum atomic E-state index is 1.12. The summed E-state index contributed by atoms with van der Waals surface area (Å²) in [5, 5.41) is 0. The molecule has 1 heterocycles. The van der Waals surface area contributed by atoms with Gasteiger partial charge in [0.15, 0.2) is 0 Å². The molecule has 1 aromatic rings. The lowest BCUT2D eigenvalue weighted by Gasteiger charge is -2.07. The largest absolute Gasteiger partial charge is 0.144 e. The van der Waals surface area contributed by atoms with Gasteiger partial charge in [0.25, 0.3) is 0 Å². The fraction of sp³-hybridized carbons (Fsp3) is 0.571. The molecule has 1 aliphatic rings. The van der Waals surface area contributed by atoms with Crippen molar-refractivity contribution >= 4 is 34.9 Å². The molecular formula is C7H8S3. The van der Waals surface area contributed by atoms with Crippen LogP contribution in [0.4, 0.5) is 0 Å². The van der Waals surface area contributed by atoms with Crippen LogP contribution in [0.3, 0.4) is 0 Å². The standard InChI is InChI=1S/C7H8S3/c8-7-9-5-3-1-2-4-6(5)10-7/h1-4H2. The van der Waals surface area contributed by atoms with Crippen LogP contribution >= 0.6 is 34.9 Å². The lowest BCUT2D eigenvalue weighted by molar-refractivity contribution is 0.705. The van der Waals surface area contributed by atoms with Gasteiger partial charge in [-0.3, -0.25) is 0 Å². The number of rotatable bonds is 0. The maximum atomic E-state index is 5.12. The Bertz CT molecular complexity index is 255. The topological polar surface area (TPSA) is 0 Å². The van der Waals surface area contributed by atoms with Gasteiger partial charge in [0.1, 0.15) is 3.14 Å². The smallest absolute Gasteiger partial charge is 0.118 e. The summed E-state index contributed by atoms with van der Waals surface area (Å²) in [6, 6.07) is 0. The van der Waals surface area contributed by atoms with E-state index in [2.05, 4.69) is 0 Å². The Hall–Kier alpha value is 0.270. The molecule has 0 amide bonds. The summed E-state index contributed by atoms with van der Waals surface area (Å²) in [6.45, 7) is 0. The SMILES string of the molecule is S=c1sc2c(s1)CCCC2. The Balaban J connectivity index is 2.50. The van der Waals surface area contributed by atoms with Crippen LogP contribution in [0.25, 0.3) is 0 Å². The molecule has 0 N–H and O–H groups in total. The fourth-order valence-electron chi connectivity index (χ4n) is 1.29. The van der Waals surface area contributed by atoms with E-state index in [0.29, 0.717) is 0 Å². The molecule has 10 heavy (non-hydrogen) atoms. The second kappa shape index (κ2) is 2.72. The number of hydrogen-bond donors (Lipinski definition) is 0. The van der Waals surface area contributed by atoms with Gasteiger partial charge in [-0.2, -0.15) is 0 Å². The van der Waals surface area contributed by atoms with E-state index in [0.717, 1.165) is 3.14 Å². The zero-order valence-electron chi connectivity index (χ0n) is 5.55. The summed E-state index contributed by atoms with van der Waals surface area (Å²) in [5.74, 6) is 0. The highest BCUT2D eigenvalue weighted by atomic mass is 32.2. The van der Waals surface area contributed by atoms with Crippen molar-refractivity contribution in [1.29, 1.82) is 0 Å². The zero-order chi connectivity index (χ0) is 6.97. The summed E-state index contributed by atoms with van der Waals surface area (Å²) in [6.07, 6.45) is 5.31. The van der Waals surface area contributed by atoms with Crippen molar-refractivity contribution in [2.24, 2.45) is 0 Å². The van der Waals surface area contributed by atoms with E-state index in [1.165, 1.54) is 25.7 Å². The highest BCUT2D eigenvalue weighted by molar-refractivity contribution is 7.76. The maximum absolute atomic E-state index is 5.12. The van der Waals surface area contributed by atoms with Crippen LogP contribution in [0.2, 0.25) is 0 Å². The van der Waals surface area contributed by atoms with E-state index in [9.17, 15) is 0 Å². The summed E-state index contributed by atoms with van der Waals surface area (Å²) >= 11 is 8.76. The van der Waals surface area contributed by atoms with Crippen LogP contribution in [0.1, 0.15) is 22.6 Å². The average Bonchev–Trinajstić information content (AvgIpc) is 2.27. The first-order valence-corrected chi connectivity index (χ1v) is 5.52. The van der Waals surface area contributed by atoms with Gasteiger partial charge >= 0.3 is 0 Å². The normalized spacial score (nSPS) is 16.8. The Morgan fingerprint density at radius 3 is 2.00 bits per heavy atom. The van der Waals surface area contributed by atoms with E-state index in [1.807, 2.05) is 22.7 Å². The summed E-state index contributed by atoms with van der Waals surface area (Å²) in [4.78, 5) is 3.14. The molecule has 0 aromatic carbocycles. The lowest BCUT2D eigenvalue weighted by Crippen LogP contribution is -1.95. The third-order valence-electron chi connectivity index (χ3n) is 1.78. The Labute approximate surface area is 73.5 Å². The van der Waals surface area contributed by atoms with Crippen molar-refractivity contribution in [3.8, 4) is 0 Å². The molecular weight excluding hydrogens is 180 g/mol. The molecule has 1 aromatic heterocycles. The van der Waals surface area contributed by atoms with E-state index in [4.69, 9.17) is 12.2 Å². The van der Waals surface area contributed by atoms with Gasteiger partial charge in [-0.15, -0.1) is 22.7 Å².